The molecule has 0 N–H and O–H groups in total. The predicted octanol–water partition coefficient (Wildman–Crippen LogP) is 5.58. The van der Waals surface area contributed by atoms with E-state index >= 15 is 4.39 Å². The van der Waals surface area contributed by atoms with E-state index in [4.69, 9.17) is 0 Å². The van der Waals surface area contributed by atoms with Crippen molar-refractivity contribution in [3.63, 3.8) is 0 Å². The van der Waals surface area contributed by atoms with Gasteiger partial charge in [0, 0.05) is 35.6 Å². The van der Waals surface area contributed by atoms with Crippen LogP contribution in [0.4, 0.5) is 14.5 Å². The normalized spacial score (nSPS) is 26.5. The first-order chi connectivity index (χ1) is 16.1. The molecule has 3 aromatic rings. The summed E-state index contributed by atoms with van der Waals surface area (Å²) in [5.74, 6) is -0.224. The third-order valence-corrected chi connectivity index (χ3v) is 8.35. The summed E-state index contributed by atoms with van der Waals surface area (Å²) in [4.78, 5) is 1.93. The Kier molecular flexibility index (Phi) is 6.64. The van der Waals surface area contributed by atoms with Crippen LogP contribution >= 0.6 is 11.9 Å². The second kappa shape index (κ2) is 9.81. The summed E-state index contributed by atoms with van der Waals surface area (Å²) in [6.07, 6.45) is 4.91. The summed E-state index contributed by atoms with van der Waals surface area (Å²) in [5.41, 5.74) is 2.75. The molecule has 0 bridgehead atoms. The Balaban J connectivity index is 1.24. The van der Waals surface area contributed by atoms with Crippen LogP contribution in [0.25, 0.3) is 0 Å². The van der Waals surface area contributed by atoms with Crippen LogP contribution in [0.1, 0.15) is 48.6 Å². The zero-order valence-corrected chi connectivity index (χ0v) is 19.5. The van der Waals surface area contributed by atoms with Gasteiger partial charge in [0.05, 0.1) is 12.6 Å². The van der Waals surface area contributed by atoms with E-state index < -0.39 is 6.17 Å². The Hall–Kier alpha value is -2.45. The molecule has 2 fully saturated rings. The Bertz CT molecular complexity index is 1050. The first-order valence-corrected chi connectivity index (χ1v) is 12.4. The Labute approximate surface area is 197 Å². The highest BCUT2D eigenvalue weighted by Crippen LogP contribution is 2.43. The first kappa shape index (κ1) is 22.3. The van der Waals surface area contributed by atoms with E-state index in [-0.39, 0.29) is 18.4 Å². The molecule has 2 saturated heterocycles. The van der Waals surface area contributed by atoms with Gasteiger partial charge < -0.3 is 9.47 Å². The maximum atomic E-state index is 15.1. The molecule has 2 aliphatic heterocycles. The fraction of sp³-hybridized carbons (Fsp3) is 0.440. The van der Waals surface area contributed by atoms with E-state index in [2.05, 4.69) is 45.7 Å². The summed E-state index contributed by atoms with van der Waals surface area (Å²) in [6, 6.07) is 16.0. The topological polar surface area (TPSA) is 37.2 Å². The first-order valence-electron chi connectivity index (χ1n) is 11.6. The number of alkyl halides is 1. The van der Waals surface area contributed by atoms with E-state index in [0.717, 1.165) is 18.5 Å². The Morgan fingerprint density at radius 3 is 2.55 bits per heavy atom. The van der Waals surface area contributed by atoms with Gasteiger partial charge in [-0.2, -0.15) is 0 Å². The third-order valence-electron chi connectivity index (χ3n) is 6.83. The molecular weight excluding hydrogens is 440 g/mol. The molecular formula is C25H29F2N5S. The van der Waals surface area contributed by atoms with Gasteiger partial charge in [-0.1, -0.05) is 48.3 Å². The highest BCUT2D eigenvalue weighted by Gasteiger charge is 2.31. The zero-order valence-electron chi connectivity index (χ0n) is 18.7. The number of hydrogen-bond acceptors (Lipinski definition) is 5. The van der Waals surface area contributed by atoms with Crippen molar-refractivity contribution in [1.29, 1.82) is 0 Å². The highest BCUT2D eigenvalue weighted by atomic mass is 32.2. The van der Waals surface area contributed by atoms with Crippen LogP contribution in [0.2, 0.25) is 0 Å². The number of hydrogen-bond donors (Lipinski definition) is 0. The van der Waals surface area contributed by atoms with Crippen LogP contribution < -0.4 is 4.90 Å². The van der Waals surface area contributed by atoms with Gasteiger partial charge in [0.15, 0.2) is 0 Å². The van der Waals surface area contributed by atoms with Crippen molar-refractivity contribution in [3.05, 3.63) is 78.1 Å². The fourth-order valence-corrected chi connectivity index (χ4v) is 6.19. The number of benzene rings is 2. The summed E-state index contributed by atoms with van der Waals surface area (Å²) in [7, 11) is 0. The number of anilines is 1. The van der Waals surface area contributed by atoms with Crippen molar-refractivity contribution in [2.45, 2.75) is 56.2 Å². The molecule has 0 aliphatic carbocycles. The summed E-state index contributed by atoms with van der Waals surface area (Å²) in [5, 5.41) is 7.97. The van der Waals surface area contributed by atoms with Crippen LogP contribution in [0.15, 0.2) is 61.2 Å². The minimum absolute atomic E-state index is 0.224. The van der Waals surface area contributed by atoms with E-state index in [1.807, 2.05) is 35.0 Å². The lowest BCUT2D eigenvalue weighted by molar-refractivity contribution is 0.199. The van der Waals surface area contributed by atoms with Crippen molar-refractivity contribution >= 4 is 17.6 Å². The van der Waals surface area contributed by atoms with E-state index in [1.54, 1.807) is 23.3 Å². The minimum atomic E-state index is -1.06. The molecule has 5 nitrogen and oxygen atoms in total. The van der Waals surface area contributed by atoms with Crippen LogP contribution in [0, 0.1) is 5.82 Å². The lowest BCUT2D eigenvalue weighted by Crippen LogP contribution is -2.42. The largest absolute Gasteiger partial charge is 0.368 e. The summed E-state index contributed by atoms with van der Waals surface area (Å²) < 4.78 is 34.0. The molecule has 8 heteroatoms. The van der Waals surface area contributed by atoms with Crippen LogP contribution in [-0.2, 0) is 6.54 Å². The van der Waals surface area contributed by atoms with Gasteiger partial charge in [-0.15, -0.1) is 10.2 Å². The predicted molar refractivity (Wildman–Crippen MR) is 128 cm³/mol. The van der Waals surface area contributed by atoms with Gasteiger partial charge in [-0.05, 0) is 43.9 Å². The molecule has 1 aromatic heterocycles. The molecule has 0 spiro atoms. The van der Waals surface area contributed by atoms with Crippen LogP contribution in [0.5, 0.6) is 0 Å². The molecule has 3 heterocycles. The monoisotopic (exact) mass is 469 g/mol. The highest BCUT2D eigenvalue weighted by molar-refractivity contribution is 7.97. The van der Waals surface area contributed by atoms with Gasteiger partial charge in [0.1, 0.15) is 24.6 Å². The van der Waals surface area contributed by atoms with Gasteiger partial charge in [-0.25, -0.2) is 13.1 Å². The van der Waals surface area contributed by atoms with Crippen LogP contribution in [-0.4, -0.2) is 44.4 Å². The SMILES string of the molecule is C[C@H]1CC[C@H](c2ccccc2)SN1Cc1ccc(N2CC[C@@H](n3cnnc3)[C@@H](F)C2)cc1F. The second-order valence-electron chi connectivity index (χ2n) is 9.01. The maximum Gasteiger partial charge on any atom is 0.138 e. The summed E-state index contributed by atoms with van der Waals surface area (Å²) in [6.45, 7) is 3.67. The van der Waals surface area contributed by atoms with Crippen molar-refractivity contribution < 1.29 is 8.78 Å². The molecule has 2 aromatic carbocycles. The van der Waals surface area contributed by atoms with Crippen molar-refractivity contribution in [3.8, 4) is 0 Å². The van der Waals surface area contributed by atoms with E-state index in [0.29, 0.717) is 36.4 Å². The zero-order chi connectivity index (χ0) is 22.8. The van der Waals surface area contributed by atoms with E-state index in [9.17, 15) is 4.39 Å². The second-order valence-corrected chi connectivity index (χ2v) is 10.3. The Morgan fingerprint density at radius 2 is 1.82 bits per heavy atom. The van der Waals surface area contributed by atoms with Crippen LogP contribution in [0.3, 0.4) is 0 Å². The lowest BCUT2D eigenvalue weighted by Gasteiger charge is -2.38. The third kappa shape index (κ3) is 4.92. The molecule has 2 aliphatic rings. The van der Waals surface area contributed by atoms with Crippen molar-refractivity contribution in [1.82, 2.24) is 19.1 Å². The number of rotatable bonds is 5. The smallest absolute Gasteiger partial charge is 0.138 e. The summed E-state index contributed by atoms with van der Waals surface area (Å²) >= 11 is 1.82. The van der Waals surface area contributed by atoms with Crippen molar-refractivity contribution in [2.24, 2.45) is 0 Å². The average Bonchev–Trinajstić information content (AvgIpc) is 3.37. The number of aromatic nitrogens is 3. The average molecular weight is 470 g/mol. The molecule has 0 unspecified atom stereocenters. The number of nitrogens with zero attached hydrogens (tertiary/aromatic N) is 5. The van der Waals surface area contributed by atoms with Gasteiger partial charge >= 0.3 is 0 Å². The quantitative estimate of drug-likeness (QED) is 0.456. The molecule has 5 rings (SSSR count). The number of halogens is 2. The van der Waals surface area contributed by atoms with Gasteiger partial charge in [0.25, 0.3) is 0 Å². The van der Waals surface area contributed by atoms with Crippen molar-refractivity contribution in [2.75, 3.05) is 18.0 Å². The minimum Gasteiger partial charge on any atom is -0.368 e. The molecule has 0 saturated carbocycles. The van der Waals surface area contributed by atoms with Gasteiger partial charge in [-0.3, -0.25) is 0 Å². The fourth-order valence-electron chi connectivity index (χ4n) is 4.82. The molecule has 4 atom stereocenters. The number of piperidine rings is 1. The molecule has 174 valence electrons. The maximum absolute atomic E-state index is 15.1. The van der Waals surface area contributed by atoms with E-state index in [1.165, 1.54) is 5.56 Å². The van der Waals surface area contributed by atoms with Gasteiger partial charge in [0.2, 0.25) is 0 Å². The molecule has 33 heavy (non-hydrogen) atoms. The molecule has 0 radical (unpaired) electrons. The Morgan fingerprint density at radius 1 is 1.03 bits per heavy atom. The standard InChI is InChI=1S/C25H29F2N5S/c1-18-7-10-25(19-5-3-2-4-6-19)33-32(18)14-20-8-9-21(13-22(20)26)30-12-11-24(23(27)15-30)31-16-28-29-17-31/h2-6,8-9,13,16-18,23-25H,7,10-12,14-15H2,1H3/t18-,23-,24+,25+/m0/s1. The lowest BCUT2D eigenvalue weighted by atomic mass is 10.0. The molecule has 0 amide bonds.